The Hall–Kier alpha value is -4.83. The number of methoxy groups -OCH3 is 2. The van der Waals surface area contributed by atoms with Crippen LogP contribution in [0.3, 0.4) is 0 Å². The zero-order chi connectivity index (χ0) is 33.6. The molecule has 0 aliphatic rings. The van der Waals surface area contributed by atoms with Crippen LogP contribution in [0.25, 0.3) is 22.3 Å². The van der Waals surface area contributed by atoms with Gasteiger partial charge in [0.2, 0.25) is 0 Å². The minimum Gasteiger partial charge on any atom is -0.493 e. The molecule has 0 spiro atoms. The summed E-state index contributed by atoms with van der Waals surface area (Å²) >= 11 is 0. The second-order valence-electron chi connectivity index (χ2n) is 10.9. The number of hydrogen-bond donors (Lipinski definition) is 3. The Bertz CT molecular complexity index is 1550. The number of pyridine rings is 1. The van der Waals surface area contributed by atoms with Crippen molar-refractivity contribution in [3.8, 4) is 33.8 Å². The first-order chi connectivity index (χ1) is 22.1. The van der Waals surface area contributed by atoms with Gasteiger partial charge in [0.15, 0.2) is 11.5 Å². The first-order valence-electron chi connectivity index (χ1n) is 15.1. The number of allylic oxidation sites excluding steroid dienone is 5. The standard InChI is InChI=1S/C36H45F2N5O3/c1-6-27(16-17-44)24-42(22-25(2)8-7-9-31(37)20-39)23-26(3)43(38)32-13-10-28(11-14-32)33-18-30(21-41-36(33)40)29-12-15-34(45-4)35(19-29)46-5/h7,9-15,18-23,27,44H,6,8,16-17,24,39H2,1-5H3,(H2,40,41)/b9-7-,25-22+,26-23+,31-20+. The average Bonchev–Trinajstić information content (AvgIpc) is 3.07. The van der Waals surface area contributed by atoms with Crippen LogP contribution >= 0.6 is 0 Å². The van der Waals surface area contributed by atoms with Crippen LogP contribution in [0, 0.1) is 5.92 Å². The summed E-state index contributed by atoms with van der Waals surface area (Å²) in [5.74, 6) is 1.27. The number of anilines is 2. The molecule has 246 valence electrons. The van der Waals surface area contributed by atoms with Crippen molar-refractivity contribution in [2.24, 2.45) is 11.7 Å². The molecule has 0 bridgehead atoms. The molecule has 0 amide bonds. The summed E-state index contributed by atoms with van der Waals surface area (Å²) in [4.78, 5) is 6.32. The van der Waals surface area contributed by atoms with E-state index in [9.17, 15) is 9.50 Å². The molecule has 0 aliphatic heterocycles. The molecule has 0 radical (unpaired) electrons. The number of nitrogens with zero attached hydrogens (tertiary/aromatic N) is 3. The largest absolute Gasteiger partial charge is 0.493 e. The smallest absolute Gasteiger partial charge is 0.161 e. The monoisotopic (exact) mass is 633 g/mol. The van der Waals surface area contributed by atoms with Crippen LogP contribution in [0.15, 0.2) is 103 Å². The topological polar surface area (TPSA) is 110 Å². The molecule has 8 nitrogen and oxygen atoms in total. The van der Waals surface area contributed by atoms with Crippen molar-refractivity contribution in [3.63, 3.8) is 0 Å². The summed E-state index contributed by atoms with van der Waals surface area (Å²) in [6, 6.07) is 14.5. The van der Waals surface area contributed by atoms with E-state index >= 15 is 4.48 Å². The number of nitrogens with two attached hydrogens (primary N) is 2. The van der Waals surface area contributed by atoms with Crippen LogP contribution in [0.1, 0.15) is 40.0 Å². The Balaban J connectivity index is 1.86. The summed E-state index contributed by atoms with van der Waals surface area (Å²) < 4.78 is 39.9. The number of aliphatic hydroxyl groups is 1. The van der Waals surface area contributed by atoms with Gasteiger partial charge in [-0.25, -0.2) is 9.37 Å². The normalized spacial score (nSPS) is 13.2. The minimum atomic E-state index is -0.516. The van der Waals surface area contributed by atoms with Crippen LogP contribution in [0.2, 0.25) is 0 Å². The van der Waals surface area contributed by atoms with Crippen molar-refractivity contribution in [3.05, 3.63) is 103 Å². The van der Waals surface area contributed by atoms with E-state index < -0.39 is 5.83 Å². The van der Waals surface area contributed by atoms with E-state index in [1.165, 1.54) is 6.08 Å². The van der Waals surface area contributed by atoms with Gasteiger partial charge in [-0.15, -0.1) is 0 Å². The third-order valence-electron chi connectivity index (χ3n) is 7.55. The molecule has 1 atom stereocenters. The second kappa shape index (κ2) is 17.6. The molecule has 0 fully saturated rings. The van der Waals surface area contributed by atoms with E-state index in [0.29, 0.717) is 58.8 Å². The van der Waals surface area contributed by atoms with Crippen molar-refractivity contribution in [1.82, 2.24) is 9.88 Å². The number of aliphatic hydroxyl groups excluding tert-OH is 1. The van der Waals surface area contributed by atoms with Gasteiger partial charge in [-0.3, -0.25) is 0 Å². The molecule has 1 unspecified atom stereocenters. The number of benzene rings is 2. The number of halogens is 2. The third kappa shape index (κ3) is 9.84. The SMILES string of the molecule is CCC(CCO)CN(/C=C(\C)C/C=C\C(F)=C/N)/C=C(\C)N(F)c1ccc(-c2cc(-c3ccc(OC)c(OC)c3)cnc2N)cc1. The van der Waals surface area contributed by atoms with Crippen LogP contribution < -0.4 is 26.1 Å². The minimum absolute atomic E-state index is 0.0734. The molecule has 1 heterocycles. The molecule has 5 N–H and O–H groups in total. The quantitative estimate of drug-likeness (QED) is 0.108. The molecule has 2 aromatic carbocycles. The van der Waals surface area contributed by atoms with Crippen LogP contribution in [-0.2, 0) is 0 Å². The maximum absolute atomic E-state index is 15.7. The van der Waals surface area contributed by atoms with E-state index in [0.717, 1.165) is 34.9 Å². The van der Waals surface area contributed by atoms with Crippen molar-refractivity contribution in [2.45, 2.75) is 40.0 Å². The highest BCUT2D eigenvalue weighted by Crippen LogP contribution is 2.35. The first-order valence-corrected chi connectivity index (χ1v) is 15.1. The predicted octanol–water partition coefficient (Wildman–Crippen LogP) is 7.90. The highest BCUT2D eigenvalue weighted by Gasteiger charge is 2.15. The van der Waals surface area contributed by atoms with Gasteiger partial charge in [0.25, 0.3) is 0 Å². The lowest BCUT2D eigenvalue weighted by molar-refractivity contribution is 0.237. The van der Waals surface area contributed by atoms with E-state index in [-0.39, 0.29) is 12.5 Å². The third-order valence-corrected chi connectivity index (χ3v) is 7.55. The molecule has 1 aromatic heterocycles. The maximum atomic E-state index is 15.7. The molecule has 10 heteroatoms. The first kappa shape index (κ1) is 35.6. The highest BCUT2D eigenvalue weighted by molar-refractivity contribution is 5.80. The van der Waals surface area contributed by atoms with Gasteiger partial charge in [0.05, 0.1) is 25.6 Å². The fourth-order valence-electron chi connectivity index (χ4n) is 4.94. The number of hydrogen-bond acceptors (Lipinski definition) is 8. The number of aromatic nitrogens is 1. The fraction of sp³-hybridized carbons (Fsp3) is 0.306. The van der Waals surface area contributed by atoms with Gasteiger partial charge in [-0.2, -0.15) is 5.12 Å². The van der Waals surface area contributed by atoms with Crippen LogP contribution in [-0.4, -0.2) is 42.4 Å². The van der Waals surface area contributed by atoms with Gasteiger partial charge in [-0.1, -0.05) is 47.7 Å². The van der Waals surface area contributed by atoms with Gasteiger partial charge >= 0.3 is 0 Å². The Morgan fingerprint density at radius 3 is 2.33 bits per heavy atom. The average molecular weight is 634 g/mol. The molecule has 46 heavy (non-hydrogen) atoms. The Kier molecular flexibility index (Phi) is 13.6. The van der Waals surface area contributed by atoms with Crippen LogP contribution in [0.5, 0.6) is 11.5 Å². The lowest BCUT2D eigenvalue weighted by Gasteiger charge is -2.25. The molecular weight excluding hydrogens is 588 g/mol. The van der Waals surface area contributed by atoms with E-state index in [2.05, 4.69) is 11.9 Å². The van der Waals surface area contributed by atoms with Gasteiger partial charge in [0.1, 0.15) is 11.6 Å². The summed E-state index contributed by atoms with van der Waals surface area (Å²) in [7, 11) is 3.17. The van der Waals surface area contributed by atoms with Gasteiger partial charge in [-0.05, 0) is 80.1 Å². The van der Waals surface area contributed by atoms with Crippen molar-refractivity contribution < 1.29 is 23.5 Å². The Morgan fingerprint density at radius 1 is 1.00 bits per heavy atom. The van der Waals surface area contributed by atoms with E-state index in [4.69, 9.17) is 20.9 Å². The lowest BCUT2D eigenvalue weighted by atomic mass is 10.0. The van der Waals surface area contributed by atoms with Crippen molar-refractivity contribution in [2.75, 3.05) is 38.2 Å². The molecule has 3 aromatic rings. The summed E-state index contributed by atoms with van der Waals surface area (Å²) in [6.45, 7) is 6.33. The number of rotatable bonds is 16. The van der Waals surface area contributed by atoms with Crippen molar-refractivity contribution >= 4 is 11.5 Å². The molecule has 0 saturated carbocycles. The maximum Gasteiger partial charge on any atom is 0.161 e. The number of nitrogen functional groups attached to an aromatic ring is 1. The highest BCUT2D eigenvalue weighted by atomic mass is 19.2. The fourth-order valence-corrected chi connectivity index (χ4v) is 4.94. The zero-order valence-electron chi connectivity index (χ0n) is 27.2. The summed E-state index contributed by atoms with van der Waals surface area (Å²) in [5, 5.41) is 10.1. The lowest BCUT2D eigenvalue weighted by Crippen LogP contribution is -2.23. The predicted molar refractivity (Wildman–Crippen MR) is 183 cm³/mol. The Morgan fingerprint density at radius 2 is 1.70 bits per heavy atom. The van der Waals surface area contributed by atoms with Gasteiger partial charge < -0.3 is 30.9 Å². The van der Waals surface area contributed by atoms with Crippen molar-refractivity contribution in [1.29, 1.82) is 0 Å². The molecule has 0 aliphatic carbocycles. The summed E-state index contributed by atoms with van der Waals surface area (Å²) in [5.41, 5.74) is 16.3. The molecule has 3 rings (SSSR count). The molecular formula is C36H45F2N5O3. The van der Waals surface area contributed by atoms with E-state index in [1.807, 2.05) is 42.3 Å². The van der Waals surface area contributed by atoms with Crippen LogP contribution in [0.4, 0.5) is 20.4 Å². The number of ether oxygens (including phenoxy) is 2. The Labute approximate surface area is 270 Å². The van der Waals surface area contributed by atoms with Gasteiger partial charge in [0, 0.05) is 49.1 Å². The molecule has 0 saturated heterocycles. The summed E-state index contributed by atoms with van der Waals surface area (Å²) in [6.07, 6.45) is 11.2. The second-order valence-corrected chi connectivity index (χ2v) is 10.9. The van der Waals surface area contributed by atoms with E-state index in [1.54, 1.807) is 63.9 Å². The zero-order valence-corrected chi connectivity index (χ0v) is 27.2.